The van der Waals surface area contributed by atoms with Crippen LogP contribution in [-0.4, -0.2) is 12.7 Å². The molecule has 0 spiro atoms. The molecule has 3 nitrogen and oxygen atoms in total. The molecule has 0 radical (unpaired) electrons. The first-order chi connectivity index (χ1) is 8.65. The minimum absolute atomic E-state index is 0.143. The minimum Gasteiger partial charge on any atom is -0.459 e. The van der Waals surface area contributed by atoms with Crippen LogP contribution in [0.1, 0.15) is 25.1 Å². The summed E-state index contributed by atoms with van der Waals surface area (Å²) in [6.07, 6.45) is 1.08. The molecule has 0 saturated carbocycles. The van der Waals surface area contributed by atoms with Gasteiger partial charge in [0, 0.05) is 17.9 Å². The molecule has 3 rings (SSSR count). The molecular formula is C14H16FNO2. The summed E-state index contributed by atoms with van der Waals surface area (Å²) >= 11 is 0. The standard InChI is InChI=1S/C14H16FNO2/c1-8-11(4-5-17-8)14(16)13-7-9-6-10(15)2-3-12(9)18-13/h2-3,6-8,11,14H,4-5,16H2,1H3. The van der Waals surface area contributed by atoms with Crippen molar-refractivity contribution in [3.8, 4) is 0 Å². The zero-order valence-corrected chi connectivity index (χ0v) is 10.2. The number of ether oxygens (including phenoxy) is 1. The zero-order valence-electron chi connectivity index (χ0n) is 10.2. The Morgan fingerprint density at radius 3 is 2.94 bits per heavy atom. The Hall–Kier alpha value is -1.39. The monoisotopic (exact) mass is 249 g/mol. The van der Waals surface area contributed by atoms with Crippen LogP contribution in [0.25, 0.3) is 11.0 Å². The van der Waals surface area contributed by atoms with Gasteiger partial charge in [-0.3, -0.25) is 0 Å². The van der Waals surface area contributed by atoms with Gasteiger partial charge in [-0.2, -0.15) is 0 Å². The summed E-state index contributed by atoms with van der Waals surface area (Å²) < 4.78 is 24.3. The third-order valence-electron chi connectivity index (χ3n) is 3.72. The van der Waals surface area contributed by atoms with Gasteiger partial charge < -0.3 is 14.9 Å². The second-order valence-corrected chi connectivity index (χ2v) is 4.89. The topological polar surface area (TPSA) is 48.4 Å². The Balaban J connectivity index is 1.93. The van der Waals surface area contributed by atoms with E-state index in [0.717, 1.165) is 18.4 Å². The molecule has 1 saturated heterocycles. The van der Waals surface area contributed by atoms with Crippen molar-refractivity contribution >= 4 is 11.0 Å². The van der Waals surface area contributed by atoms with Gasteiger partial charge >= 0.3 is 0 Å². The van der Waals surface area contributed by atoms with Crippen molar-refractivity contribution in [2.24, 2.45) is 11.7 Å². The van der Waals surface area contributed by atoms with Crippen LogP contribution in [0.15, 0.2) is 28.7 Å². The molecule has 0 bridgehead atoms. The predicted molar refractivity (Wildman–Crippen MR) is 66.6 cm³/mol. The van der Waals surface area contributed by atoms with Gasteiger partial charge in [-0.25, -0.2) is 4.39 Å². The average molecular weight is 249 g/mol. The van der Waals surface area contributed by atoms with Gasteiger partial charge in [0.2, 0.25) is 0 Å². The lowest BCUT2D eigenvalue weighted by atomic mass is 9.92. The fraction of sp³-hybridized carbons (Fsp3) is 0.429. The molecule has 3 unspecified atom stereocenters. The van der Waals surface area contributed by atoms with Gasteiger partial charge in [0.25, 0.3) is 0 Å². The van der Waals surface area contributed by atoms with E-state index < -0.39 is 0 Å². The number of hydrogen-bond donors (Lipinski definition) is 1. The first kappa shape index (κ1) is 11.7. The Labute approximate surface area is 105 Å². The van der Waals surface area contributed by atoms with Gasteiger partial charge in [0.05, 0.1) is 12.1 Å². The van der Waals surface area contributed by atoms with E-state index in [4.69, 9.17) is 14.9 Å². The largest absolute Gasteiger partial charge is 0.459 e. The Kier molecular flexibility index (Phi) is 2.84. The number of furan rings is 1. The molecule has 2 N–H and O–H groups in total. The molecular weight excluding hydrogens is 233 g/mol. The number of rotatable bonds is 2. The van der Waals surface area contributed by atoms with E-state index in [2.05, 4.69) is 0 Å². The third kappa shape index (κ3) is 1.91. The molecule has 2 heterocycles. The fourth-order valence-electron chi connectivity index (χ4n) is 2.63. The van der Waals surface area contributed by atoms with Gasteiger partial charge in [0.1, 0.15) is 17.2 Å². The molecule has 3 atom stereocenters. The van der Waals surface area contributed by atoms with Crippen LogP contribution in [0, 0.1) is 11.7 Å². The van der Waals surface area contributed by atoms with Crippen LogP contribution >= 0.6 is 0 Å². The van der Waals surface area contributed by atoms with Crippen LogP contribution in [0.5, 0.6) is 0 Å². The fourth-order valence-corrected chi connectivity index (χ4v) is 2.63. The summed E-state index contributed by atoms with van der Waals surface area (Å²) in [6.45, 7) is 2.77. The summed E-state index contributed by atoms with van der Waals surface area (Å²) in [5.41, 5.74) is 6.90. The van der Waals surface area contributed by atoms with Crippen molar-refractivity contribution in [2.75, 3.05) is 6.61 Å². The van der Waals surface area contributed by atoms with Crippen molar-refractivity contribution in [1.82, 2.24) is 0 Å². The van der Waals surface area contributed by atoms with Crippen molar-refractivity contribution in [2.45, 2.75) is 25.5 Å². The second kappa shape index (κ2) is 4.37. The highest BCUT2D eigenvalue weighted by Gasteiger charge is 2.32. The molecule has 1 aromatic carbocycles. The van der Waals surface area contributed by atoms with Crippen LogP contribution in [0.3, 0.4) is 0 Å². The summed E-state index contributed by atoms with van der Waals surface area (Å²) in [6, 6.07) is 6.12. The van der Waals surface area contributed by atoms with Crippen molar-refractivity contribution in [1.29, 1.82) is 0 Å². The molecule has 1 aliphatic heterocycles. The first-order valence-electron chi connectivity index (χ1n) is 6.21. The number of nitrogens with two attached hydrogens (primary N) is 1. The Morgan fingerprint density at radius 2 is 2.22 bits per heavy atom. The minimum atomic E-state index is -0.263. The van der Waals surface area contributed by atoms with E-state index in [1.54, 1.807) is 6.07 Å². The quantitative estimate of drug-likeness (QED) is 0.890. The maximum atomic E-state index is 13.1. The van der Waals surface area contributed by atoms with E-state index in [-0.39, 0.29) is 23.9 Å². The van der Waals surface area contributed by atoms with Gasteiger partial charge in [-0.1, -0.05) is 0 Å². The van der Waals surface area contributed by atoms with Crippen molar-refractivity contribution in [3.63, 3.8) is 0 Å². The van der Waals surface area contributed by atoms with Crippen molar-refractivity contribution in [3.05, 3.63) is 35.8 Å². The zero-order chi connectivity index (χ0) is 12.7. The lowest BCUT2D eigenvalue weighted by Crippen LogP contribution is -2.26. The molecule has 18 heavy (non-hydrogen) atoms. The van der Waals surface area contributed by atoms with Gasteiger partial charge in [-0.15, -0.1) is 0 Å². The lowest BCUT2D eigenvalue weighted by Gasteiger charge is -2.19. The molecule has 4 heteroatoms. The first-order valence-corrected chi connectivity index (χ1v) is 6.21. The number of hydrogen-bond acceptors (Lipinski definition) is 3. The van der Waals surface area contributed by atoms with E-state index >= 15 is 0 Å². The lowest BCUT2D eigenvalue weighted by molar-refractivity contribution is 0.0975. The molecule has 1 aromatic heterocycles. The van der Waals surface area contributed by atoms with Crippen LogP contribution < -0.4 is 5.73 Å². The number of halogens is 1. The highest BCUT2D eigenvalue weighted by atomic mass is 19.1. The Bertz CT molecular complexity index is 566. The SMILES string of the molecule is CC1OCCC1C(N)c1cc2cc(F)ccc2o1. The van der Waals surface area contributed by atoms with E-state index in [1.807, 2.05) is 13.0 Å². The highest BCUT2D eigenvalue weighted by molar-refractivity contribution is 5.78. The van der Waals surface area contributed by atoms with Gasteiger partial charge in [0.15, 0.2) is 0 Å². The van der Waals surface area contributed by atoms with E-state index in [9.17, 15) is 4.39 Å². The molecule has 96 valence electrons. The summed E-state index contributed by atoms with van der Waals surface area (Å²) in [7, 11) is 0. The summed E-state index contributed by atoms with van der Waals surface area (Å²) in [5, 5.41) is 0.756. The van der Waals surface area contributed by atoms with E-state index in [1.165, 1.54) is 12.1 Å². The summed E-state index contributed by atoms with van der Waals surface area (Å²) in [5.74, 6) is 0.703. The highest BCUT2D eigenvalue weighted by Crippen LogP contribution is 2.34. The molecule has 0 amide bonds. The summed E-state index contributed by atoms with van der Waals surface area (Å²) in [4.78, 5) is 0. The number of fused-ring (bicyclic) bond motifs is 1. The molecule has 1 aliphatic rings. The maximum absolute atomic E-state index is 13.1. The second-order valence-electron chi connectivity index (χ2n) is 4.89. The van der Waals surface area contributed by atoms with Crippen LogP contribution in [-0.2, 0) is 4.74 Å². The van der Waals surface area contributed by atoms with Crippen LogP contribution in [0.4, 0.5) is 4.39 Å². The molecule has 0 aliphatic carbocycles. The third-order valence-corrected chi connectivity index (χ3v) is 3.72. The predicted octanol–water partition coefficient (Wildman–Crippen LogP) is 3.00. The number of benzene rings is 1. The van der Waals surface area contributed by atoms with Crippen LogP contribution in [0.2, 0.25) is 0 Å². The van der Waals surface area contributed by atoms with E-state index in [0.29, 0.717) is 11.3 Å². The molecule has 1 fully saturated rings. The Morgan fingerprint density at radius 1 is 1.39 bits per heavy atom. The normalized spacial score (nSPS) is 25.7. The smallest absolute Gasteiger partial charge is 0.134 e. The molecule has 2 aromatic rings. The average Bonchev–Trinajstić information content (AvgIpc) is 2.93. The maximum Gasteiger partial charge on any atom is 0.134 e. The van der Waals surface area contributed by atoms with Gasteiger partial charge in [-0.05, 0) is 37.6 Å². The van der Waals surface area contributed by atoms with Crippen molar-refractivity contribution < 1.29 is 13.5 Å².